The first-order valence-electron chi connectivity index (χ1n) is 5.58. The van der Waals surface area contributed by atoms with Crippen LogP contribution < -0.4 is 0 Å². The van der Waals surface area contributed by atoms with Gasteiger partial charge in [0.2, 0.25) is 0 Å². The van der Waals surface area contributed by atoms with Crippen LogP contribution in [0.3, 0.4) is 0 Å². The first-order chi connectivity index (χ1) is 7.41. The van der Waals surface area contributed by atoms with Gasteiger partial charge in [0.25, 0.3) is 0 Å². The molecule has 1 saturated heterocycles. The second kappa shape index (κ2) is 5.42. The van der Waals surface area contributed by atoms with Crippen molar-refractivity contribution in [3.05, 3.63) is 0 Å². The maximum Gasteiger partial charge on any atom is 0.189 e. The molecule has 1 heterocycles. The molecule has 0 aromatic carbocycles. The van der Waals surface area contributed by atoms with Crippen LogP contribution in [-0.4, -0.2) is 48.2 Å². The molecule has 16 heavy (non-hydrogen) atoms. The Labute approximate surface area is 96.3 Å². The number of aliphatic hydroxyl groups excluding tert-OH is 2. The summed E-state index contributed by atoms with van der Waals surface area (Å²) in [5, 5.41) is 18.9. The number of ether oxygens (including phenoxy) is 3. The lowest BCUT2D eigenvalue weighted by molar-refractivity contribution is -0.183. The van der Waals surface area contributed by atoms with Crippen molar-refractivity contribution in [2.45, 2.75) is 51.5 Å². The lowest BCUT2D eigenvalue weighted by Crippen LogP contribution is -2.40. The molecule has 1 fully saturated rings. The van der Waals surface area contributed by atoms with Gasteiger partial charge in [0, 0.05) is 13.7 Å². The first-order valence-corrected chi connectivity index (χ1v) is 5.58. The molecule has 1 aliphatic rings. The van der Waals surface area contributed by atoms with E-state index in [0.29, 0.717) is 6.42 Å². The van der Waals surface area contributed by atoms with E-state index in [1.165, 1.54) is 7.11 Å². The molecule has 0 amide bonds. The number of hydrogen-bond donors (Lipinski definition) is 2. The molecule has 0 aliphatic carbocycles. The maximum atomic E-state index is 10.1. The fourth-order valence-corrected chi connectivity index (χ4v) is 1.87. The number of aliphatic hydroxyl groups is 2. The van der Waals surface area contributed by atoms with Crippen LogP contribution in [0, 0.1) is 5.92 Å². The molecule has 0 aromatic heterocycles. The summed E-state index contributed by atoms with van der Waals surface area (Å²) in [6.45, 7) is 5.47. The van der Waals surface area contributed by atoms with Crippen LogP contribution >= 0.6 is 0 Å². The van der Waals surface area contributed by atoms with Crippen LogP contribution in [0.1, 0.15) is 27.2 Å². The Morgan fingerprint density at radius 2 is 2.00 bits per heavy atom. The molecule has 0 aromatic rings. The van der Waals surface area contributed by atoms with Crippen molar-refractivity contribution >= 4 is 0 Å². The van der Waals surface area contributed by atoms with E-state index < -0.39 is 24.3 Å². The highest BCUT2D eigenvalue weighted by Crippen LogP contribution is 2.32. The summed E-state index contributed by atoms with van der Waals surface area (Å²) in [5.41, 5.74) is 0. The smallest absolute Gasteiger partial charge is 0.189 e. The highest BCUT2D eigenvalue weighted by atomic mass is 16.8. The minimum absolute atomic E-state index is 0.0485. The normalized spacial score (nSPS) is 32.6. The summed E-state index contributed by atoms with van der Waals surface area (Å²) >= 11 is 0. The van der Waals surface area contributed by atoms with E-state index in [-0.39, 0.29) is 12.5 Å². The van der Waals surface area contributed by atoms with Gasteiger partial charge in [0.05, 0.1) is 6.10 Å². The number of hydrogen-bond acceptors (Lipinski definition) is 5. The summed E-state index contributed by atoms with van der Waals surface area (Å²) in [6.07, 6.45) is -1.26. The SMILES string of the molecule is COC1OC(C)(C)OC1C(O)C(C)CCO. The standard InChI is InChI=1S/C11H22O5/c1-7(5-6-12)8(13)9-10(14-4)16-11(2,3)15-9/h7-10,12-13H,5-6H2,1-4H3. The Hall–Kier alpha value is -0.200. The number of rotatable bonds is 5. The van der Waals surface area contributed by atoms with Gasteiger partial charge in [0.1, 0.15) is 6.10 Å². The first kappa shape index (κ1) is 13.9. The van der Waals surface area contributed by atoms with Crippen molar-refractivity contribution in [3.8, 4) is 0 Å². The average molecular weight is 234 g/mol. The lowest BCUT2D eigenvalue weighted by Gasteiger charge is -2.26. The van der Waals surface area contributed by atoms with Crippen molar-refractivity contribution in [2.24, 2.45) is 5.92 Å². The van der Waals surface area contributed by atoms with Gasteiger partial charge in [-0.3, -0.25) is 0 Å². The van der Waals surface area contributed by atoms with Crippen LogP contribution in [0.4, 0.5) is 0 Å². The highest BCUT2D eigenvalue weighted by Gasteiger charge is 2.46. The van der Waals surface area contributed by atoms with Gasteiger partial charge in [0.15, 0.2) is 12.1 Å². The molecule has 4 atom stereocenters. The van der Waals surface area contributed by atoms with Crippen LogP contribution in [0.25, 0.3) is 0 Å². The zero-order valence-electron chi connectivity index (χ0n) is 10.3. The fraction of sp³-hybridized carbons (Fsp3) is 1.00. The Balaban J connectivity index is 2.64. The van der Waals surface area contributed by atoms with E-state index in [1.54, 1.807) is 13.8 Å². The third kappa shape index (κ3) is 3.15. The van der Waals surface area contributed by atoms with Crippen molar-refractivity contribution in [1.82, 2.24) is 0 Å². The van der Waals surface area contributed by atoms with Gasteiger partial charge in [-0.15, -0.1) is 0 Å². The second-order valence-electron chi connectivity index (χ2n) is 4.68. The molecular weight excluding hydrogens is 212 g/mol. The minimum atomic E-state index is -0.745. The topological polar surface area (TPSA) is 68.2 Å². The van der Waals surface area contributed by atoms with Gasteiger partial charge < -0.3 is 24.4 Å². The van der Waals surface area contributed by atoms with E-state index in [9.17, 15) is 5.11 Å². The molecule has 2 N–H and O–H groups in total. The van der Waals surface area contributed by atoms with Gasteiger partial charge >= 0.3 is 0 Å². The van der Waals surface area contributed by atoms with Crippen LogP contribution in [0.5, 0.6) is 0 Å². The Bertz CT molecular complexity index is 218. The Morgan fingerprint density at radius 3 is 2.50 bits per heavy atom. The van der Waals surface area contributed by atoms with E-state index in [1.807, 2.05) is 6.92 Å². The van der Waals surface area contributed by atoms with Crippen LogP contribution in [0.2, 0.25) is 0 Å². The van der Waals surface area contributed by atoms with E-state index >= 15 is 0 Å². The number of methoxy groups -OCH3 is 1. The fourth-order valence-electron chi connectivity index (χ4n) is 1.87. The summed E-state index contributed by atoms with van der Waals surface area (Å²) < 4.78 is 16.2. The molecule has 1 rings (SSSR count). The molecule has 0 spiro atoms. The second-order valence-corrected chi connectivity index (χ2v) is 4.68. The molecule has 4 unspecified atom stereocenters. The molecule has 5 nitrogen and oxygen atoms in total. The Kier molecular flexibility index (Phi) is 4.70. The lowest BCUT2D eigenvalue weighted by atomic mass is 9.96. The largest absolute Gasteiger partial charge is 0.396 e. The average Bonchev–Trinajstić information content (AvgIpc) is 2.53. The molecule has 96 valence electrons. The van der Waals surface area contributed by atoms with E-state index in [2.05, 4.69) is 0 Å². The third-order valence-electron chi connectivity index (χ3n) is 2.82. The molecule has 1 aliphatic heterocycles. The molecule has 0 radical (unpaired) electrons. The van der Waals surface area contributed by atoms with Gasteiger partial charge in [-0.2, -0.15) is 0 Å². The van der Waals surface area contributed by atoms with Crippen LogP contribution in [0.15, 0.2) is 0 Å². The molecular formula is C11H22O5. The molecule has 0 saturated carbocycles. The molecule has 0 bridgehead atoms. The summed E-state index contributed by atoms with van der Waals surface area (Å²) in [7, 11) is 1.52. The summed E-state index contributed by atoms with van der Waals surface area (Å²) in [6, 6.07) is 0. The Morgan fingerprint density at radius 1 is 1.38 bits per heavy atom. The minimum Gasteiger partial charge on any atom is -0.396 e. The zero-order chi connectivity index (χ0) is 12.3. The van der Waals surface area contributed by atoms with Crippen LogP contribution in [-0.2, 0) is 14.2 Å². The van der Waals surface area contributed by atoms with Crippen molar-refractivity contribution in [3.63, 3.8) is 0 Å². The summed E-state index contributed by atoms with van der Waals surface area (Å²) in [4.78, 5) is 0. The van der Waals surface area contributed by atoms with Crippen molar-refractivity contribution < 1.29 is 24.4 Å². The quantitative estimate of drug-likeness (QED) is 0.724. The van der Waals surface area contributed by atoms with Gasteiger partial charge in [-0.25, -0.2) is 0 Å². The van der Waals surface area contributed by atoms with E-state index in [4.69, 9.17) is 19.3 Å². The predicted molar refractivity (Wildman–Crippen MR) is 57.7 cm³/mol. The van der Waals surface area contributed by atoms with Gasteiger partial charge in [-0.05, 0) is 26.2 Å². The predicted octanol–water partition coefficient (Wildman–Crippen LogP) is 0.490. The maximum absolute atomic E-state index is 10.1. The summed E-state index contributed by atoms with van der Waals surface area (Å²) in [5.74, 6) is -0.809. The monoisotopic (exact) mass is 234 g/mol. The van der Waals surface area contributed by atoms with Gasteiger partial charge in [-0.1, -0.05) is 6.92 Å². The highest BCUT2D eigenvalue weighted by molar-refractivity contribution is 4.84. The molecule has 5 heteroatoms. The van der Waals surface area contributed by atoms with Crippen molar-refractivity contribution in [1.29, 1.82) is 0 Å². The third-order valence-corrected chi connectivity index (χ3v) is 2.82. The van der Waals surface area contributed by atoms with Crippen molar-refractivity contribution in [2.75, 3.05) is 13.7 Å². The zero-order valence-corrected chi connectivity index (χ0v) is 10.3. The van der Waals surface area contributed by atoms with E-state index in [0.717, 1.165) is 0 Å².